The zero-order valence-electron chi connectivity index (χ0n) is 12.9. The van der Waals surface area contributed by atoms with Gasteiger partial charge in [-0.3, -0.25) is 0 Å². The molecule has 0 aliphatic carbocycles. The minimum absolute atomic E-state index is 0.294. The molecular formula is C19H20O3. The molecule has 0 aliphatic heterocycles. The Kier molecular flexibility index (Phi) is 5.50. The zero-order valence-corrected chi connectivity index (χ0v) is 12.9. The van der Waals surface area contributed by atoms with E-state index in [4.69, 9.17) is 9.47 Å². The second-order valence-corrected chi connectivity index (χ2v) is 5.10. The Morgan fingerprint density at radius 1 is 1.09 bits per heavy atom. The molecule has 0 aliphatic rings. The van der Waals surface area contributed by atoms with Crippen LogP contribution in [-0.4, -0.2) is 13.1 Å². The van der Waals surface area contributed by atoms with E-state index in [9.17, 15) is 4.79 Å². The lowest BCUT2D eigenvalue weighted by Crippen LogP contribution is -2.15. The van der Waals surface area contributed by atoms with Crippen molar-refractivity contribution >= 4 is 5.97 Å². The van der Waals surface area contributed by atoms with E-state index < -0.39 is 12.1 Å². The fraction of sp³-hybridized carbons (Fsp3) is 0.211. The predicted molar refractivity (Wildman–Crippen MR) is 86.3 cm³/mol. The first-order valence-electron chi connectivity index (χ1n) is 7.11. The van der Waals surface area contributed by atoms with Crippen molar-refractivity contribution in [2.75, 3.05) is 7.11 Å². The van der Waals surface area contributed by atoms with Crippen molar-refractivity contribution in [3.05, 3.63) is 83.4 Å². The maximum Gasteiger partial charge on any atom is 0.336 e. The van der Waals surface area contributed by atoms with Crippen molar-refractivity contribution in [2.24, 2.45) is 0 Å². The third kappa shape index (κ3) is 4.06. The first-order chi connectivity index (χ1) is 10.6. The van der Waals surface area contributed by atoms with Crippen molar-refractivity contribution in [3.63, 3.8) is 0 Å². The van der Waals surface area contributed by atoms with E-state index in [0.29, 0.717) is 12.2 Å². The summed E-state index contributed by atoms with van der Waals surface area (Å²) in [7, 11) is 1.34. The van der Waals surface area contributed by atoms with Gasteiger partial charge in [0.1, 0.15) is 6.10 Å². The second-order valence-electron chi connectivity index (χ2n) is 5.10. The molecule has 0 aromatic heterocycles. The van der Waals surface area contributed by atoms with E-state index in [2.05, 4.69) is 6.58 Å². The van der Waals surface area contributed by atoms with E-state index in [1.807, 2.05) is 61.5 Å². The van der Waals surface area contributed by atoms with Crippen molar-refractivity contribution in [2.45, 2.75) is 19.6 Å². The third-order valence-corrected chi connectivity index (χ3v) is 3.40. The number of methoxy groups -OCH3 is 1. The van der Waals surface area contributed by atoms with Gasteiger partial charge in [0, 0.05) is 0 Å². The number of ether oxygens (including phenoxy) is 2. The molecule has 0 amide bonds. The molecule has 3 heteroatoms. The van der Waals surface area contributed by atoms with Crippen LogP contribution in [0.3, 0.4) is 0 Å². The van der Waals surface area contributed by atoms with Crippen LogP contribution in [-0.2, 0) is 20.9 Å². The van der Waals surface area contributed by atoms with Gasteiger partial charge in [-0.15, -0.1) is 0 Å². The van der Waals surface area contributed by atoms with Gasteiger partial charge in [-0.2, -0.15) is 0 Å². The van der Waals surface area contributed by atoms with Gasteiger partial charge in [-0.1, -0.05) is 66.7 Å². The van der Waals surface area contributed by atoms with Gasteiger partial charge in [-0.25, -0.2) is 4.79 Å². The number of hydrogen-bond donors (Lipinski definition) is 0. The lowest BCUT2D eigenvalue weighted by molar-refractivity contribution is -0.137. The smallest absolute Gasteiger partial charge is 0.336 e. The molecular weight excluding hydrogens is 276 g/mol. The number of aryl methyl sites for hydroxylation is 1. The highest BCUT2D eigenvalue weighted by Gasteiger charge is 2.22. The normalized spacial score (nSPS) is 11.7. The molecule has 22 heavy (non-hydrogen) atoms. The number of esters is 1. The number of carbonyl (C=O) groups excluding carboxylic acids is 1. The highest BCUT2D eigenvalue weighted by atomic mass is 16.5. The highest BCUT2D eigenvalue weighted by Crippen LogP contribution is 2.27. The van der Waals surface area contributed by atoms with Crippen LogP contribution < -0.4 is 0 Å². The molecule has 2 aromatic carbocycles. The van der Waals surface area contributed by atoms with Crippen LogP contribution in [0.5, 0.6) is 0 Å². The Balaban J connectivity index is 2.19. The largest absolute Gasteiger partial charge is 0.466 e. The van der Waals surface area contributed by atoms with Crippen LogP contribution in [0.4, 0.5) is 0 Å². The van der Waals surface area contributed by atoms with Gasteiger partial charge >= 0.3 is 5.97 Å². The third-order valence-electron chi connectivity index (χ3n) is 3.40. The summed E-state index contributed by atoms with van der Waals surface area (Å²) in [6.07, 6.45) is -0.520. The number of carbonyl (C=O) groups is 1. The van der Waals surface area contributed by atoms with Crippen molar-refractivity contribution in [1.82, 2.24) is 0 Å². The zero-order chi connectivity index (χ0) is 15.9. The molecule has 0 saturated heterocycles. The molecule has 2 aromatic rings. The first-order valence-corrected chi connectivity index (χ1v) is 7.11. The summed E-state index contributed by atoms with van der Waals surface area (Å²) in [5.74, 6) is -0.460. The van der Waals surface area contributed by atoms with Crippen molar-refractivity contribution < 1.29 is 14.3 Å². The Bertz CT molecular complexity index is 629. The summed E-state index contributed by atoms with van der Waals surface area (Å²) in [6, 6.07) is 17.7. The lowest BCUT2D eigenvalue weighted by Gasteiger charge is -2.19. The molecule has 0 fully saturated rings. The summed E-state index contributed by atoms with van der Waals surface area (Å²) in [5.41, 5.74) is 3.37. The summed E-state index contributed by atoms with van der Waals surface area (Å²) in [4.78, 5) is 11.8. The Morgan fingerprint density at radius 3 is 2.32 bits per heavy atom. The summed E-state index contributed by atoms with van der Waals surface area (Å²) >= 11 is 0. The quantitative estimate of drug-likeness (QED) is 0.597. The SMILES string of the molecule is C=C(C(=O)OC)C(OCc1ccccc1)c1ccc(C)cc1. The van der Waals surface area contributed by atoms with Gasteiger partial charge in [0.25, 0.3) is 0 Å². The fourth-order valence-corrected chi connectivity index (χ4v) is 2.13. The second kappa shape index (κ2) is 7.57. The molecule has 1 atom stereocenters. The van der Waals surface area contributed by atoms with Gasteiger partial charge in [-0.05, 0) is 18.1 Å². The average molecular weight is 296 g/mol. The molecule has 0 spiro atoms. The highest BCUT2D eigenvalue weighted by molar-refractivity contribution is 5.89. The molecule has 0 saturated carbocycles. The van der Waals surface area contributed by atoms with E-state index in [1.165, 1.54) is 7.11 Å². The number of rotatable bonds is 6. The lowest BCUT2D eigenvalue weighted by atomic mass is 10.0. The van der Waals surface area contributed by atoms with E-state index in [-0.39, 0.29) is 0 Å². The van der Waals surface area contributed by atoms with Crippen LogP contribution in [0, 0.1) is 6.92 Å². The van der Waals surface area contributed by atoms with Gasteiger partial charge in [0.15, 0.2) is 0 Å². The van der Waals surface area contributed by atoms with E-state index in [0.717, 1.165) is 16.7 Å². The maximum atomic E-state index is 11.8. The summed E-state index contributed by atoms with van der Waals surface area (Å²) in [5, 5.41) is 0. The predicted octanol–water partition coefficient (Wildman–Crippen LogP) is 3.98. The molecule has 0 heterocycles. The molecule has 0 radical (unpaired) electrons. The minimum atomic E-state index is -0.520. The van der Waals surface area contributed by atoms with Gasteiger partial charge in [0.2, 0.25) is 0 Å². The molecule has 2 rings (SSSR count). The van der Waals surface area contributed by atoms with Crippen molar-refractivity contribution in [1.29, 1.82) is 0 Å². The summed E-state index contributed by atoms with van der Waals surface area (Å²) in [6.45, 7) is 6.25. The monoisotopic (exact) mass is 296 g/mol. The van der Waals surface area contributed by atoms with Crippen LogP contribution in [0.1, 0.15) is 22.8 Å². The molecule has 0 N–H and O–H groups in total. The Morgan fingerprint density at radius 2 is 1.73 bits per heavy atom. The standard InChI is InChI=1S/C19H20O3/c1-14-9-11-17(12-10-14)18(15(2)19(20)21-3)22-13-16-7-5-4-6-8-16/h4-12,18H,2,13H2,1,3H3. The van der Waals surface area contributed by atoms with Crippen LogP contribution in [0.15, 0.2) is 66.7 Å². The molecule has 114 valence electrons. The minimum Gasteiger partial charge on any atom is -0.466 e. The molecule has 0 bridgehead atoms. The van der Waals surface area contributed by atoms with Crippen LogP contribution >= 0.6 is 0 Å². The Hall–Kier alpha value is -2.39. The summed E-state index contributed by atoms with van der Waals surface area (Å²) < 4.78 is 10.7. The van der Waals surface area contributed by atoms with Crippen LogP contribution in [0.2, 0.25) is 0 Å². The topological polar surface area (TPSA) is 35.5 Å². The van der Waals surface area contributed by atoms with Crippen LogP contribution in [0.25, 0.3) is 0 Å². The molecule has 3 nitrogen and oxygen atoms in total. The van der Waals surface area contributed by atoms with E-state index in [1.54, 1.807) is 0 Å². The van der Waals surface area contributed by atoms with E-state index >= 15 is 0 Å². The van der Waals surface area contributed by atoms with Crippen molar-refractivity contribution in [3.8, 4) is 0 Å². The number of hydrogen-bond acceptors (Lipinski definition) is 3. The maximum absolute atomic E-state index is 11.8. The molecule has 1 unspecified atom stereocenters. The Labute approximate surface area is 131 Å². The fourth-order valence-electron chi connectivity index (χ4n) is 2.13. The number of benzene rings is 2. The average Bonchev–Trinajstić information content (AvgIpc) is 2.56. The first kappa shape index (κ1) is 16.0. The van der Waals surface area contributed by atoms with Gasteiger partial charge < -0.3 is 9.47 Å². The van der Waals surface area contributed by atoms with Gasteiger partial charge in [0.05, 0.1) is 19.3 Å².